The molecule has 1 saturated heterocycles. The minimum atomic E-state index is -3.36. The van der Waals surface area contributed by atoms with Gasteiger partial charge < -0.3 is 4.90 Å². The fourth-order valence-corrected chi connectivity index (χ4v) is 3.11. The van der Waals surface area contributed by atoms with Gasteiger partial charge in [0.05, 0.1) is 10.5 Å². The van der Waals surface area contributed by atoms with Crippen LogP contribution in [-0.2, 0) is 9.84 Å². The van der Waals surface area contributed by atoms with E-state index in [1.807, 2.05) is 0 Å². The standard InChI is InChI=1S/C13H17NO3S/c1-18(16,17)12-8-4-3-7-11(12)13(15)14-9-5-2-6-10-14/h3-4,7-8H,2,5-6,9-10H2,1H3. The predicted molar refractivity (Wildman–Crippen MR) is 69.3 cm³/mol. The number of amides is 1. The Kier molecular flexibility index (Phi) is 3.71. The highest BCUT2D eigenvalue weighted by Gasteiger charge is 2.23. The SMILES string of the molecule is CS(=O)(=O)c1ccccc1C(=O)N1CCCCC1. The summed E-state index contributed by atoms with van der Waals surface area (Å²) in [5, 5.41) is 0. The Balaban J connectivity index is 2.36. The molecule has 1 aliphatic heterocycles. The van der Waals surface area contributed by atoms with Gasteiger partial charge in [-0.2, -0.15) is 0 Å². The van der Waals surface area contributed by atoms with Crippen molar-refractivity contribution in [3.8, 4) is 0 Å². The van der Waals surface area contributed by atoms with Crippen molar-refractivity contribution in [3.05, 3.63) is 29.8 Å². The number of carbonyl (C=O) groups excluding carboxylic acids is 1. The van der Waals surface area contributed by atoms with Gasteiger partial charge in [-0.1, -0.05) is 12.1 Å². The van der Waals surface area contributed by atoms with Gasteiger partial charge in [-0.3, -0.25) is 4.79 Å². The Hall–Kier alpha value is -1.36. The van der Waals surface area contributed by atoms with Crippen LogP contribution in [0.1, 0.15) is 29.6 Å². The zero-order valence-corrected chi connectivity index (χ0v) is 11.2. The van der Waals surface area contributed by atoms with Gasteiger partial charge in [-0.25, -0.2) is 8.42 Å². The summed E-state index contributed by atoms with van der Waals surface area (Å²) < 4.78 is 23.3. The molecule has 0 unspecified atom stereocenters. The van der Waals surface area contributed by atoms with Crippen LogP contribution in [-0.4, -0.2) is 38.6 Å². The third kappa shape index (κ3) is 2.72. The molecule has 1 aliphatic rings. The molecule has 1 fully saturated rings. The zero-order chi connectivity index (χ0) is 13.2. The van der Waals surface area contributed by atoms with E-state index in [-0.39, 0.29) is 10.8 Å². The number of benzene rings is 1. The molecule has 0 radical (unpaired) electrons. The van der Waals surface area contributed by atoms with E-state index in [2.05, 4.69) is 0 Å². The quantitative estimate of drug-likeness (QED) is 0.819. The topological polar surface area (TPSA) is 54.5 Å². The number of carbonyl (C=O) groups is 1. The highest BCUT2D eigenvalue weighted by molar-refractivity contribution is 7.90. The molecule has 0 spiro atoms. The van der Waals surface area contributed by atoms with Crippen molar-refractivity contribution in [1.29, 1.82) is 0 Å². The number of sulfone groups is 1. The van der Waals surface area contributed by atoms with Crippen molar-refractivity contribution in [2.45, 2.75) is 24.2 Å². The Morgan fingerprint density at radius 2 is 1.72 bits per heavy atom. The summed E-state index contributed by atoms with van der Waals surface area (Å²) in [6.45, 7) is 1.44. The van der Waals surface area contributed by atoms with Gasteiger partial charge in [0.1, 0.15) is 0 Å². The zero-order valence-electron chi connectivity index (χ0n) is 10.4. The monoisotopic (exact) mass is 267 g/mol. The first-order valence-corrected chi connectivity index (χ1v) is 7.97. The molecule has 0 N–H and O–H groups in total. The Bertz CT molecular complexity index is 545. The van der Waals surface area contributed by atoms with Crippen LogP contribution in [0.25, 0.3) is 0 Å². The third-order valence-corrected chi connectivity index (χ3v) is 4.32. The molecule has 1 aromatic rings. The van der Waals surface area contributed by atoms with Crippen LogP contribution < -0.4 is 0 Å². The Morgan fingerprint density at radius 1 is 1.11 bits per heavy atom. The van der Waals surface area contributed by atoms with E-state index in [0.717, 1.165) is 38.6 Å². The normalized spacial score (nSPS) is 16.6. The lowest BCUT2D eigenvalue weighted by molar-refractivity contribution is 0.0720. The number of likely N-dealkylation sites (tertiary alicyclic amines) is 1. The van der Waals surface area contributed by atoms with Crippen LogP contribution in [0.2, 0.25) is 0 Å². The minimum Gasteiger partial charge on any atom is -0.339 e. The molecule has 1 heterocycles. The number of nitrogens with zero attached hydrogens (tertiary/aromatic N) is 1. The number of hydrogen-bond acceptors (Lipinski definition) is 3. The third-order valence-electron chi connectivity index (χ3n) is 3.16. The Morgan fingerprint density at radius 3 is 2.33 bits per heavy atom. The van der Waals surface area contributed by atoms with Gasteiger partial charge in [-0.05, 0) is 31.4 Å². The molecule has 0 saturated carbocycles. The molecule has 0 aromatic heterocycles. The first-order valence-electron chi connectivity index (χ1n) is 6.08. The van der Waals surface area contributed by atoms with E-state index >= 15 is 0 Å². The van der Waals surface area contributed by atoms with Crippen LogP contribution in [0.4, 0.5) is 0 Å². The maximum absolute atomic E-state index is 12.3. The van der Waals surface area contributed by atoms with Crippen molar-refractivity contribution in [1.82, 2.24) is 4.90 Å². The largest absolute Gasteiger partial charge is 0.339 e. The van der Waals surface area contributed by atoms with E-state index in [1.54, 1.807) is 23.1 Å². The molecule has 5 heteroatoms. The molecule has 98 valence electrons. The molecular weight excluding hydrogens is 250 g/mol. The summed E-state index contributed by atoms with van der Waals surface area (Å²) in [7, 11) is -3.36. The summed E-state index contributed by atoms with van der Waals surface area (Å²) >= 11 is 0. The van der Waals surface area contributed by atoms with Gasteiger partial charge in [-0.15, -0.1) is 0 Å². The summed E-state index contributed by atoms with van der Waals surface area (Å²) in [6, 6.07) is 6.43. The minimum absolute atomic E-state index is 0.126. The molecule has 0 atom stereocenters. The summed E-state index contributed by atoms with van der Waals surface area (Å²) in [4.78, 5) is 14.2. The molecule has 1 aromatic carbocycles. The van der Waals surface area contributed by atoms with Gasteiger partial charge in [0.2, 0.25) is 0 Å². The maximum atomic E-state index is 12.3. The van der Waals surface area contributed by atoms with Gasteiger partial charge in [0.25, 0.3) is 5.91 Å². The summed E-state index contributed by atoms with van der Waals surface area (Å²) in [5.41, 5.74) is 0.293. The Labute approximate surface area is 108 Å². The van der Waals surface area contributed by atoms with Crippen LogP contribution in [0.15, 0.2) is 29.2 Å². The second kappa shape index (κ2) is 5.10. The number of piperidine rings is 1. The lowest BCUT2D eigenvalue weighted by atomic mass is 10.1. The van der Waals surface area contributed by atoms with Gasteiger partial charge >= 0.3 is 0 Å². The van der Waals surface area contributed by atoms with Crippen molar-refractivity contribution in [2.24, 2.45) is 0 Å². The van der Waals surface area contributed by atoms with Crippen LogP contribution in [0.3, 0.4) is 0 Å². The summed E-state index contributed by atoms with van der Waals surface area (Å²) in [6.07, 6.45) is 4.26. The second-order valence-electron chi connectivity index (χ2n) is 4.62. The van der Waals surface area contributed by atoms with Gasteiger partial charge in [0.15, 0.2) is 9.84 Å². The van der Waals surface area contributed by atoms with Crippen molar-refractivity contribution in [3.63, 3.8) is 0 Å². The molecule has 0 bridgehead atoms. The smallest absolute Gasteiger partial charge is 0.255 e. The van der Waals surface area contributed by atoms with E-state index in [9.17, 15) is 13.2 Å². The average Bonchev–Trinajstić information content (AvgIpc) is 2.38. The molecular formula is C13H17NO3S. The molecule has 4 nitrogen and oxygen atoms in total. The lowest BCUT2D eigenvalue weighted by Gasteiger charge is -2.27. The molecule has 1 amide bonds. The second-order valence-corrected chi connectivity index (χ2v) is 6.61. The van der Waals surface area contributed by atoms with E-state index in [4.69, 9.17) is 0 Å². The molecule has 2 rings (SSSR count). The van der Waals surface area contributed by atoms with Crippen LogP contribution >= 0.6 is 0 Å². The first kappa shape index (κ1) is 13.1. The van der Waals surface area contributed by atoms with Crippen molar-refractivity contribution >= 4 is 15.7 Å². The maximum Gasteiger partial charge on any atom is 0.255 e. The summed E-state index contributed by atoms with van der Waals surface area (Å²) in [5.74, 6) is -0.171. The fraction of sp³-hybridized carbons (Fsp3) is 0.462. The number of rotatable bonds is 2. The van der Waals surface area contributed by atoms with Gasteiger partial charge in [0, 0.05) is 19.3 Å². The van der Waals surface area contributed by atoms with E-state index < -0.39 is 9.84 Å². The average molecular weight is 267 g/mol. The molecule has 18 heavy (non-hydrogen) atoms. The lowest BCUT2D eigenvalue weighted by Crippen LogP contribution is -2.36. The van der Waals surface area contributed by atoms with Crippen molar-refractivity contribution < 1.29 is 13.2 Å². The highest BCUT2D eigenvalue weighted by Crippen LogP contribution is 2.19. The predicted octanol–water partition coefficient (Wildman–Crippen LogP) is 1.72. The van der Waals surface area contributed by atoms with E-state index in [0.29, 0.717) is 5.56 Å². The fourth-order valence-electron chi connectivity index (χ4n) is 2.23. The van der Waals surface area contributed by atoms with Crippen LogP contribution in [0, 0.1) is 0 Å². The first-order chi connectivity index (χ1) is 8.50. The molecule has 0 aliphatic carbocycles. The van der Waals surface area contributed by atoms with E-state index in [1.165, 1.54) is 6.07 Å². The van der Waals surface area contributed by atoms with Crippen molar-refractivity contribution in [2.75, 3.05) is 19.3 Å². The van der Waals surface area contributed by atoms with Crippen LogP contribution in [0.5, 0.6) is 0 Å². The highest BCUT2D eigenvalue weighted by atomic mass is 32.2. The number of hydrogen-bond donors (Lipinski definition) is 0.